The highest BCUT2D eigenvalue weighted by atomic mass is 19.4. The number of anilines is 2. The number of rotatable bonds is 6. The number of hydrogen-bond acceptors (Lipinski definition) is 6. The van der Waals surface area contributed by atoms with Crippen molar-refractivity contribution < 1.29 is 23.1 Å². The maximum absolute atomic E-state index is 12.9. The molecule has 1 aromatic heterocycles. The first-order chi connectivity index (χ1) is 17.2. The summed E-state index contributed by atoms with van der Waals surface area (Å²) < 4.78 is 39.9. The van der Waals surface area contributed by atoms with E-state index in [1.165, 1.54) is 23.0 Å². The van der Waals surface area contributed by atoms with Crippen LogP contribution >= 0.6 is 0 Å². The third-order valence-corrected chi connectivity index (χ3v) is 6.20. The Labute approximate surface area is 206 Å². The minimum atomic E-state index is -4.44. The number of nitrogens with zero attached hydrogens (tertiary/aromatic N) is 5. The molecule has 0 aliphatic carbocycles. The van der Waals surface area contributed by atoms with E-state index in [4.69, 9.17) is 5.11 Å². The van der Waals surface area contributed by atoms with Crippen molar-refractivity contribution in [3.05, 3.63) is 71.0 Å². The maximum atomic E-state index is 12.9. The van der Waals surface area contributed by atoms with E-state index in [9.17, 15) is 23.2 Å². The lowest BCUT2D eigenvalue weighted by atomic mass is 10.1. The number of hydrogen-bond donors (Lipinski definition) is 2. The van der Waals surface area contributed by atoms with Crippen molar-refractivity contribution in [2.45, 2.75) is 13.1 Å². The van der Waals surface area contributed by atoms with Gasteiger partial charge in [-0.1, -0.05) is 0 Å². The Morgan fingerprint density at radius 3 is 2.44 bits per heavy atom. The molecule has 1 aliphatic heterocycles. The predicted octanol–water partition coefficient (Wildman–Crippen LogP) is 3.44. The molecular weight excluding hydrogens is 473 g/mol. The lowest BCUT2D eigenvalue weighted by Gasteiger charge is -2.36. The molecule has 2 N–H and O–H groups in total. The van der Waals surface area contributed by atoms with Gasteiger partial charge in [-0.3, -0.25) is 9.69 Å². The second kappa shape index (κ2) is 10.4. The first kappa shape index (κ1) is 25.2. The van der Waals surface area contributed by atoms with Crippen LogP contribution in [0.2, 0.25) is 0 Å². The van der Waals surface area contributed by atoms with Gasteiger partial charge in [-0.25, -0.2) is 4.68 Å². The second-order valence-electron chi connectivity index (χ2n) is 8.45. The van der Waals surface area contributed by atoms with Gasteiger partial charge in [0.15, 0.2) is 0 Å². The van der Waals surface area contributed by atoms with Crippen molar-refractivity contribution in [1.82, 2.24) is 14.7 Å². The van der Waals surface area contributed by atoms with Crippen molar-refractivity contribution in [2.75, 3.05) is 49.5 Å². The topological polar surface area (TPSA) is 97.4 Å². The third-order valence-electron chi connectivity index (χ3n) is 6.20. The van der Waals surface area contributed by atoms with Crippen LogP contribution in [-0.4, -0.2) is 65.0 Å². The predicted molar refractivity (Wildman–Crippen MR) is 128 cm³/mol. The molecule has 1 amide bonds. The second-order valence-corrected chi connectivity index (χ2v) is 8.45. The number of aromatic nitrogens is 2. The molecule has 1 aliphatic rings. The summed E-state index contributed by atoms with van der Waals surface area (Å²) in [5.74, 6) is -0.445. The summed E-state index contributed by atoms with van der Waals surface area (Å²) in [5.41, 5.74) is 2.02. The highest BCUT2D eigenvalue weighted by Crippen LogP contribution is 2.30. The molecule has 0 radical (unpaired) electrons. The van der Waals surface area contributed by atoms with Crippen LogP contribution in [0.5, 0.6) is 0 Å². The summed E-state index contributed by atoms with van der Waals surface area (Å²) in [7, 11) is 0. The van der Waals surface area contributed by atoms with Crippen molar-refractivity contribution in [1.29, 1.82) is 5.26 Å². The summed E-state index contributed by atoms with van der Waals surface area (Å²) in [6.07, 6.45) is -3.08. The molecule has 2 heterocycles. The summed E-state index contributed by atoms with van der Waals surface area (Å²) in [4.78, 5) is 17.2. The molecule has 11 heteroatoms. The van der Waals surface area contributed by atoms with Crippen LogP contribution in [0.1, 0.15) is 27.2 Å². The number of β-amino-alcohol motifs (C(OH)–C–C–N with tert-alkyl or cyclic N) is 1. The van der Waals surface area contributed by atoms with Gasteiger partial charge in [-0.15, -0.1) is 0 Å². The van der Waals surface area contributed by atoms with Gasteiger partial charge >= 0.3 is 6.18 Å². The van der Waals surface area contributed by atoms with Crippen LogP contribution in [0.15, 0.2) is 48.7 Å². The number of amides is 1. The zero-order chi connectivity index (χ0) is 25.9. The number of carbonyl (C=O) groups is 1. The molecule has 36 heavy (non-hydrogen) atoms. The summed E-state index contributed by atoms with van der Waals surface area (Å²) in [6.45, 7) is 5.41. The first-order valence-corrected chi connectivity index (χ1v) is 11.4. The molecule has 0 unspecified atom stereocenters. The zero-order valence-corrected chi connectivity index (χ0v) is 19.6. The molecule has 0 saturated carbocycles. The van der Waals surface area contributed by atoms with E-state index in [-0.39, 0.29) is 12.2 Å². The molecule has 188 valence electrons. The zero-order valence-electron chi connectivity index (χ0n) is 19.6. The van der Waals surface area contributed by atoms with Crippen molar-refractivity contribution >= 4 is 17.3 Å². The van der Waals surface area contributed by atoms with Crippen LogP contribution < -0.4 is 10.2 Å². The summed E-state index contributed by atoms with van der Waals surface area (Å²) in [5, 5.41) is 25.7. The molecule has 4 rings (SSSR count). The molecule has 2 aromatic carbocycles. The number of aliphatic hydroxyl groups is 1. The fourth-order valence-electron chi connectivity index (χ4n) is 4.22. The number of carbonyl (C=O) groups excluding carboxylic acids is 1. The Hall–Kier alpha value is -3.88. The molecular formula is C25H25F3N6O2. The lowest BCUT2D eigenvalue weighted by molar-refractivity contribution is -0.137. The van der Waals surface area contributed by atoms with Crippen LogP contribution in [-0.2, 0) is 6.18 Å². The SMILES string of the molecule is Cc1c(C(=O)Nc2ccc(N3CCN(CCO)CC3)c(C#N)c2)cnn1-c1ccc(C(F)(F)F)cc1. The number of nitriles is 1. The van der Waals surface area contributed by atoms with E-state index in [1.807, 2.05) is 0 Å². The van der Waals surface area contributed by atoms with Gasteiger partial charge in [-0.05, 0) is 49.4 Å². The van der Waals surface area contributed by atoms with E-state index >= 15 is 0 Å². The van der Waals surface area contributed by atoms with Gasteiger partial charge in [0.1, 0.15) is 6.07 Å². The molecule has 1 fully saturated rings. The first-order valence-electron chi connectivity index (χ1n) is 11.4. The fraction of sp³-hybridized carbons (Fsp3) is 0.320. The number of alkyl halides is 3. The van der Waals surface area contributed by atoms with Crippen molar-refractivity contribution in [3.63, 3.8) is 0 Å². The highest BCUT2D eigenvalue weighted by Gasteiger charge is 2.30. The number of benzene rings is 2. The lowest BCUT2D eigenvalue weighted by Crippen LogP contribution is -2.47. The maximum Gasteiger partial charge on any atom is 0.416 e. The van der Waals surface area contributed by atoms with E-state index in [0.29, 0.717) is 29.2 Å². The fourth-order valence-corrected chi connectivity index (χ4v) is 4.22. The highest BCUT2D eigenvalue weighted by molar-refractivity contribution is 6.05. The summed E-state index contributed by atoms with van der Waals surface area (Å²) >= 11 is 0. The minimum absolute atomic E-state index is 0.112. The number of piperazine rings is 1. The number of aliphatic hydroxyl groups excluding tert-OH is 1. The molecule has 3 aromatic rings. The van der Waals surface area contributed by atoms with Gasteiger partial charge in [0.2, 0.25) is 0 Å². The monoisotopic (exact) mass is 498 g/mol. The molecule has 0 spiro atoms. The van der Waals surface area contributed by atoms with E-state index in [2.05, 4.69) is 26.3 Å². The minimum Gasteiger partial charge on any atom is -0.395 e. The van der Waals surface area contributed by atoms with Gasteiger partial charge in [0.05, 0.1) is 46.6 Å². The third kappa shape index (κ3) is 5.35. The average Bonchev–Trinajstić information content (AvgIpc) is 3.25. The Balaban J connectivity index is 1.47. The smallest absolute Gasteiger partial charge is 0.395 e. The van der Waals surface area contributed by atoms with Gasteiger partial charge < -0.3 is 15.3 Å². The van der Waals surface area contributed by atoms with E-state index in [0.717, 1.165) is 44.0 Å². The number of halogens is 3. The standard InChI is InChI=1S/C25H25F3N6O2/c1-17-22(16-30-34(17)21-5-2-19(3-6-21)25(26,27)28)24(36)31-20-4-7-23(18(14-20)15-29)33-10-8-32(9-11-33)12-13-35/h2-7,14,16,35H,8-13H2,1H3,(H,31,36). The average molecular weight is 499 g/mol. The molecule has 0 atom stereocenters. The Morgan fingerprint density at radius 2 is 1.83 bits per heavy atom. The van der Waals surface area contributed by atoms with Crippen molar-refractivity contribution in [2.24, 2.45) is 0 Å². The Bertz CT molecular complexity index is 1270. The molecule has 8 nitrogen and oxygen atoms in total. The van der Waals surface area contributed by atoms with E-state index in [1.54, 1.807) is 25.1 Å². The van der Waals surface area contributed by atoms with Crippen LogP contribution in [0.4, 0.5) is 24.5 Å². The Kier molecular flexibility index (Phi) is 7.28. The van der Waals surface area contributed by atoms with Gasteiger partial charge in [0, 0.05) is 38.4 Å². The summed E-state index contributed by atoms with van der Waals surface area (Å²) in [6, 6.07) is 11.9. The number of nitrogens with one attached hydrogen (secondary N) is 1. The van der Waals surface area contributed by atoms with Crippen LogP contribution in [0.3, 0.4) is 0 Å². The van der Waals surface area contributed by atoms with Crippen LogP contribution in [0.25, 0.3) is 5.69 Å². The molecule has 0 bridgehead atoms. The quantitative estimate of drug-likeness (QED) is 0.541. The van der Waals surface area contributed by atoms with Crippen molar-refractivity contribution in [3.8, 4) is 11.8 Å². The normalized spacial score (nSPS) is 14.5. The molecule has 1 saturated heterocycles. The van der Waals surface area contributed by atoms with Gasteiger partial charge in [-0.2, -0.15) is 23.5 Å². The van der Waals surface area contributed by atoms with E-state index < -0.39 is 17.6 Å². The van der Waals surface area contributed by atoms with Gasteiger partial charge in [0.25, 0.3) is 5.91 Å². The largest absolute Gasteiger partial charge is 0.416 e. The van der Waals surface area contributed by atoms with Crippen LogP contribution in [0, 0.1) is 18.3 Å². The Morgan fingerprint density at radius 1 is 1.14 bits per heavy atom.